The Morgan fingerprint density at radius 1 is 1.50 bits per heavy atom. The van der Waals surface area contributed by atoms with Gasteiger partial charge in [0.1, 0.15) is 0 Å². The number of rotatable bonds is 4. The van der Waals surface area contributed by atoms with Gasteiger partial charge in [-0.3, -0.25) is 4.79 Å². The van der Waals surface area contributed by atoms with E-state index in [2.05, 4.69) is 13.2 Å². The lowest BCUT2D eigenvalue weighted by atomic mass is 9.95. The van der Waals surface area contributed by atoms with Gasteiger partial charge in [0.25, 0.3) is 0 Å². The molecule has 0 aromatic rings. The lowest BCUT2D eigenvalue weighted by molar-refractivity contribution is -0.136. The van der Waals surface area contributed by atoms with Gasteiger partial charge in [0.2, 0.25) is 5.91 Å². The van der Waals surface area contributed by atoms with Crippen LogP contribution in [0.1, 0.15) is 46.0 Å². The molecule has 0 saturated carbocycles. The van der Waals surface area contributed by atoms with Crippen LogP contribution in [0, 0.1) is 0 Å². The fourth-order valence-electron chi connectivity index (χ4n) is 2.47. The van der Waals surface area contributed by atoms with E-state index in [0.717, 1.165) is 32.4 Å². The molecule has 1 rings (SSSR count). The minimum Gasteiger partial charge on any atom is -0.340 e. The maximum atomic E-state index is 12.4. The molecule has 5 heteroatoms. The highest BCUT2D eigenvalue weighted by Gasteiger charge is 2.33. The van der Waals surface area contributed by atoms with Crippen molar-refractivity contribution in [1.82, 2.24) is 4.90 Å². The zero-order chi connectivity index (χ0) is 12.9. The molecule has 1 aliphatic rings. The normalized spacial score (nSPS) is 23.8. The first-order chi connectivity index (χ1) is 8.01. The van der Waals surface area contributed by atoms with Crippen molar-refractivity contribution >= 4 is 30.1 Å². The van der Waals surface area contributed by atoms with E-state index in [1.165, 1.54) is 12.8 Å². The second kappa shape index (κ2) is 8.28. The Balaban J connectivity index is 0.00000289. The number of carbonyl (C=O) groups is 1. The molecule has 3 nitrogen and oxygen atoms in total. The maximum Gasteiger partial charge on any atom is 0.242 e. The highest BCUT2D eigenvalue weighted by atomic mass is 35.5. The highest BCUT2D eigenvalue weighted by Crippen LogP contribution is 2.22. The second-order valence-corrected chi connectivity index (χ2v) is 6.41. The average Bonchev–Trinajstić information content (AvgIpc) is 2.52. The molecule has 0 spiro atoms. The molecule has 0 aromatic carbocycles. The Hall–Kier alpha value is 0.0700. The molecule has 1 saturated heterocycles. The third-order valence-corrected chi connectivity index (χ3v) is 4.56. The van der Waals surface area contributed by atoms with Crippen molar-refractivity contribution in [3.63, 3.8) is 0 Å². The van der Waals surface area contributed by atoms with Crippen molar-refractivity contribution in [2.45, 2.75) is 56.7 Å². The zero-order valence-corrected chi connectivity index (χ0v) is 13.4. The molecule has 1 heterocycles. The Morgan fingerprint density at radius 3 is 2.72 bits per heavy atom. The largest absolute Gasteiger partial charge is 0.340 e. The molecule has 0 aliphatic carbocycles. The van der Waals surface area contributed by atoms with Crippen LogP contribution in [-0.4, -0.2) is 40.9 Å². The predicted molar refractivity (Wildman–Crippen MR) is 82.5 cm³/mol. The molecule has 2 atom stereocenters. The van der Waals surface area contributed by atoms with Crippen LogP contribution in [0.15, 0.2) is 0 Å². The van der Waals surface area contributed by atoms with Crippen LogP contribution in [-0.2, 0) is 4.79 Å². The molecular formula is C13H27ClN2OS. The Morgan fingerprint density at radius 2 is 2.17 bits per heavy atom. The molecule has 0 bridgehead atoms. The number of halogens is 1. The smallest absolute Gasteiger partial charge is 0.242 e. The van der Waals surface area contributed by atoms with Gasteiger partial charge in [0.15, 0.2) is 0 Å². The summed E-state index contributed by atoms with van der Waals surface area (Å²) in [6, 6.07) is 0. The van der Waals surface area contributed by atoms with Crippen molar-refractivity contribution in [2.75, 3.05) is 19.3 Å². The molecule has 1 fully saturated rings. The second-order valence-electron chi connectivity index (χ2n) is 5.27. The van der Waals surface area contributed by atoms with Gasteiger partial charge in [0, 0.05) is 18.3 Å². The van der Waals surface area contributed by atoms with E-state index >= 15 is 0 Å². The summed E-state index contributed by atoms with van der Waals surface area (Å²) in [4.78, 5) is 14.4. The minimum atomic E-state index is -0.679. The fraction of sp³-hybridized carbons (Fsp3) is 0.923. The number of thioether (sulfide) groups is 1. The monoisotopic (exact) mass is 294 g/mol. The summed E-state index contributed by atoms with van der Waals surface area (Å²) < 4.78 is 0. The van der Waals surface area contributed by atoms with Gasteiger partial charge < -0.3 is 10.6 Å². The Labute approximate surface area is 122 Å². The van der Waals surface area contributed by atoms with E-state index in [9.17, 15) is 4.79 Å². The van der Waals surface area contributed by atoms with E-state index in [4.69, 9.17) is 5.73 Å². The number of hydrogen-bond donors (Lipinski definition) is 1. The standard InChI is InChI=1S/C13H26N2OS.ClH/c1-4-8-13(2,14)12(16)15-9-6-5-7-11(10-15)17-3;/h11H,4-10,14H2,1-3H3;1H. The summed E-state index contributed by atoms with van der Waals surface area (Å²) in [7, 11) is 0. The Bertz CT molecular complexity index is 261. The Kier molecular flexibility index (Phi) is 8.31. The lowest BCUT2D eigenvalue weighted by Crippen LogP contribution is -2.54. The SMILES string of the molecule is CCCC(C)(N)C(=O)N1CCCCC(SC)C1.Cl. The highest BCUT2D eigenvalue weighted by molar-refractivity contribution is 7.99. The first-order valence-corrected chi connectivity index (χ1v) is 7.91. The third-order valence-electron chi connectivity index (χ3n) is 3.51. The summed E-state index contributed by atoms with van der Waals surface area (Å²) >= 11 is 1.87. The quantitative estimate of drug-likeness (QED) is 0.867. The minimum absolute atomic E-state index is 0. The van der Waals surface area contributed by atoms with E-state index in [0.29, 0.717) is 5.25 Å². The van der Waals surface area contributed by atoms with Crippen LogP contribution < -0.4 is 5.73 Å². The molecule has 2 unspecified atom stereocenters. The summed E-state index contributed by atoms with van der Waals surface area (Å²) in [5.41, 5.74) is 5.46. The van der Waals surface area contributed by atoms with E-state index in [1.54, 1.807) is 0 Å². The van der Waals surface area contributed by atoms with Crippen molar-refractivity contribution in [1.29, 1.82) is 0 Å². The molecule has 1 amide bonds. The van der Waals surface area contributed by atoms with E-state index in [-0.39, 0.29) is 18.3 Å². The summed E-state index contributed by atoms with van der Waals surface area (Å²) in [5, 5.41) is 0.582. The van der Waals surface area contributed by atoms with Crippen LogP contribution in [0.4, 0.5) is 0 Å². The van der Waals surface area contributed by atoms with Gasteiger partial charge in [-0.2, -0.15) is 11.8 Å². The summed E-state index contributed by atoms with van der Waals surface area (Å²) in [6.45, 7) is 5.70. The van der Waals surface area contributed by atoms with Crippen LogP contribution in [0.25, 0.3) is 0 Å². The van der Waals surface area contributed by atoms with Gasteiger partial charge in [0.05, 0.1) is 5.54 Å². The summed E-state index contributed by atoms with van der Waals surface area (Å²) in [6.07, 6.45) is 7.42. The van der Waals surface area contributed by atoms with Crippen LogP contribution in [0.3, 0.4) is 0 Å². The van der Waals surface area contributed by atoms with Gasteiger partial charge in [-0.15, -0.1) is 12.4 Å². The molecule has 1 aliphatic heterocycles. The fourth-order valence-corrected chi connectivity index (χ4v) is 3.20. The first-order valence-electron chi connectivity index (χ1n) is 6.62. The topological polar surface area (TPSA) is 46.3 Å². The number of amides is 1. The number of hydrogen-bond acceptors (Lipinski definition) is 3. The van der Waals surface area contributed by atoms with Gasteiger partial charge in [-0.05, 0) is 32.4 Å². The molecule has 0 aromatic heterocycles. The predicted octanol–water partition coefficient (Wildman–Crippen LogP) is 2.67. The van der Waals surface area contributed by atoms with Crippen LogP contribution in [0.5, 0.6) is 0 Å². The number of likely N-dealkylation sites (tertiary alicyclic amines) is 1. The molecule has 0 radical (unpaired) electrons. The van der Waals surface area contributed by atoms with Gasteiger partial charge in [-0.25, -0.2) is 0 Å². The molecule has 18 heavy (non-hydrogen) atoms. The van der Waals surface area contributed by atoms with E-state index < -0.39 is 5.54 Å². The van der Waals surface area contributed by atoms with Crippen molar-refractivity contribution in [2.24, 2.45) is 5.73 Å². The van der Waals surface area contributed by atoms with Crippen molar-refractivity contribution in [3.05, 3.63) is 0 Å². The number of nitrogens with two attached hydrogens (primary N) is 1. The summed E-state index contributed by atoms with van der Waals surface area (Å²) in [5.74, 6) is 0.139. The van der Waals surface area contributed by atoms with Crippen LogP contribution in [0.2, 0.25) is 0 Å². The average molecular weight is 295 g/mol. The molecule has 2 N–H and O–H groups in total. The maximum absolute atomic E-state index is 12.4. The van der Waals surface area contributed by atoms with Gasteiger partial charge in [-0.1, -0.05) is 19.8 Å². The van der Waals surface area contributed by atoms with E-state index in [1.807, 2.05) is 23.6 Å². The van der Waals surface area contributed by atoms with Gasteiger partial charge >= 0.3 is 0 Å². The van der Waals surface area contributed by atoms with Crippen molar-refractivity contribution < 1.29 is 4.79 Å². The van der Waals surface area contributed by atoms with Crippen LogP contribution >= 0.6 is 24.2 Å². The third kappa shape index (κ3) is 4.98. The first kappa shape index (κ1) is 18.1. The molecular weight excluding hydrogens is 268 g/mol. The zero-order valence-electron chi connectivity index (χ0n) is 11.8. The lowest BCUT2D eigenvalue weighted by Gasteiger charge is -2.32. The number of carbonyl (C=O) groups excluding carboxylic acids is 1. The van der Waals surface area contributed by atoms with Crippen molar-refractivity contribution in [3.8, 4) is 0 Å². The number of nitrogens with zero attached hydrogens (tertiary/aromatic N) is 1. The molecule has 108 valence electrons.